The van der Waals surface area contributed by atoms with Gasteiger partial charge in [-0.25, -0.2) is 8.78 Å². The monoisotopic (exact) mass is 470 g/mol. The molecule has 2 aromatic rings. The van der Waals surface area contributed by atoms with Crippen LogP contribution >= 0.6 is 0 Å². The fourth-order valence-electron chi connectivity index (χ4n) is 4.24. The molecule has 3 atom stereocenters. The zero-order valence-corrected chi connectivity index (χ0v) is 18.7. The van der Waals surface area contributed by atoms with Crippen molar-refractivity contribution in [2.45, 2.75) is 37.3 Å². The van der Waals surface area contributed by atoms with Gasteiger partial charge in [0.05, 0.1) is 6.54 Å². The minimum Gasteiger partial charge on any atom is -0.353 e. The number of hydrogen-bond donors (Lipinski definition) is 3. The van der Waals surface area contributed by atoms with Crippen LogP contribution in [-0.4, -0.2) is 60.9 Å². The third-order valence-corrected chi connectivity index (χ3v) is 6.22. The van der Waals surface area contributed by atoms with E-state index in [9.17, 15) is 23.2 Å². The number of carbonyl (C=O) groups excluding carboxylic acids is 3. The number of carbonyl (C=O) groups is 3. The number of halogens is 2. The minimum absolute atomic E-state index is 0.0403. The Balaban J connectivity index is 1.31. The molecule has 34 heavy (non-hydrogen) atoms. The highest BCUT2D eigenvalue weighted by atomic mass is 19.1. The molecule has 1 heterocycles. The molecule has 1 saturated heterocycles. The van der Waals surface area contributed by atoms with Crippen molar-refractivity contribution >= 4 is 17.7 Å². The normalized spacial score (nSPS) is 20.4. The van der Waals surface area contributed by atoms with E-state index in [1.807, 2.05) is 0 Å². The highest BCUT2D eigenvalue weighted by Gasteiger charge is 2.37. The largest absolute Gasteiger partial charge is 0.353 e. The van der Waals surface area contributed by atoms with Gasteiger partial charge in [-0.05, 0) is 67.8 Å². The van der Waals surface area contributed by atoms with Gasteiger partial charge in [0, 0.05) is 30.6 Å². The highest BCUT2D eigenvalue weighted by molar-refractivity contribution is 5.98. The third kappa shape index (κ3) is 6.17. The highest BCUT2D eigenvalue weighted by Crippen LogP contribution is 2.40. The Morgan fingerprint density at radius 2 is 1.74 bits per heavy atom. The lowest BCUT2D eigenvalue weighted by molar-refractivity contribution is -0.139. The van der Waals surface area contributed by atoms with Crippen molar-refractivity contribution in [3.8, 4) is 0 Å². The molecular weight excluding hydrogens is 442 g/mol. The summed E-state index contributed by atoms with van der Waals surface area (Å²) in [7, 11) is 0. The average Bonchev–Trinajstić information content (AvgIpc) is 3.61. The Labute approximate surface area is 196 Å². The zero-order valence-electron chi connectivity index (χ0n) is 18.7. The maximum absolute atomic E-state index is 13.2. The van der Waals surface area contributed by atoms with Gasteiger partial charge >= 0.3 is 0 Å². The van der Waals surface area contributed by atoms with Gasteiger partial charge in [0.2, 0.25) is 11.8 Å². The molecule has 180 valence electrons. The van der Waals surface area contributed by atoms with Crippen LogP contribution in [0.3, 0.4) is 0 Å². The Hall–Kier alpha value is -3.33. The Morgan fingerprint density at radius 3 is 2.41 bits per heavy atom. The molecule has 1 aliphatic heterocycles. The first-order valence-corrected chi connectivity index (χ1v) is 11.5. The molecule has 4 rings (SSSR count). The van der Waals surface area contributed by atoms with Gasteiger partial charge in [-0.3, -0.25) is 14.4 Å². The van der Waals surface area contributed by atoms with Crippen molar-refractivity contribution in [3.63, 3.8) is 0 Å². The number of benzene rings is 2. The predicted octanol–water partition coefficient (Wildman–Crippen LogP) is 1.95. The summed E-state index contributed by atoms with van der Waals surface area (Å²) in [5.74, 6) is -1.35. The van der Waals surface area contributed by atoms with Gasteiger partial charge in [-0.2, -0.15) is 0 Å². The van der Waals surface area contributed by atoms with Crippen molar-refractivity contribution in [1.29, 1.82) is 0 Å². The van der Waals surface area contributed by atoms with E-state index in [-0.39, 0.29) is 29.7 Å². The van der Waals surface area contributed by atoms with Crippen molar-refractivity contribution in [2.75, 3.05) is 26.2 Å². The van der Waals surface area contributed by atoms with Gasteiger partial charge in [0.15, 0.2) is 0 Å². The Morgan fingerprint density at radius 1 is 1.06 bits per heavy atom. The smallest absolute Gasteiger partial charge is 0.251 e. The van der Waals surface area contributed by atoms with Gasteiger partial charge in [-0.15, -0.1) is 0 Å². The maximum Gasteiger partial charge on any atom is 0.251 e. The molecule has 0 bridgehead atoms. The quantitative estimate of drug-likeness (QED) is 0.489. The fourth-order valence-corrected chi connectivity index (χ4v) is 4.24. The standard InChI is InChI=1S/C25H28F2N4O3/c26-18-7-3-16(4-8-18)20-14-22(20)28-11-1-2-21(25(34)31-13-12-29-23(32)15-31)30-24(33)17-5-9-19(27)10-6-17/h3-10,20-22,28H,1-2,11-15H2,(H,29,32)(H,30,33)/t20-,21-,22+/m0/s1. The van der Waals surface area contributed by atoms with E-state index < -0.39 is 17.8 Å². The molecule has 1 saturated carbocycles. The molecule has 0 spiro atoms. The number of hydrogen-bond acceptors (Lipinski definition) is 4. The first-order valence-electron chi connectivity index (χ1n) is 11.5. The molecule has 0 radical (unpaired) electrons. The van der Waals surface area contributed by atoms with E-state index in [4.69, 9.17) is 0 Å². The van der Waals surface area contributed by atoms with Crippen LogP contribution in [-0.2, 0) is 9.59 Å². The molecule has 9 heteroatoms. The fraction of sp³-hybridized carbons (Fsp3) is 0.400. The molecule has 7 nitrogen and oxygen atoms in total. The van der Waals surface area contributed by atoms with Crippen molar-refractivity contribution in [2.24, 2.45) is 0 Å². The molecule has 2 fully saturated rings. The van der Waals surface area contributed by atoms with Crippen LogP contribution in [0.5, 0.6) is 0 Å². The van der Waals surface area contributed by atoms with Crippen molar-refractivity contribution in [1.82, 2.24) is 20.9 Å². The number of rotatable bonds is 9. The summed E-state index contributed by atoms with van der Waals surface area (Å²) in [5.41, 5.74) is 1.36. The van der Waals surface area contributed by atoms with Crippen LogP contribution in [0.15, 0.2) is 48.5 Å². The third-order valence-electron chi connectivity index (χ3n) is 6.22. The summed E-state index contributed by atoms with van der Waals surface area (Å²) < 4.78 is 26.3. The van der Waals surface area contributed by atoms with E-state index in [1.54, 1.807) is 12.1 Å². The predicted molar refractivity (Wildman–Crippen MR) is 122 cm³/mol. The molecular formula is C25H28F2N4O3. The van der Waals surface area contributed by atoms with Crippen LogP contribution in [0.4, 0.5) is 8.78 Å². The Bertz CT molecular complexity index is 1030. The summed E-state index contributed by atoms with van der Waals surface area (Å²) in [5, 5.41) is 8.90. The molecule has 3 amide bonds. The van der Waals surface area contributed by atoms with Crippen LogP contribution in [0.1, 0.15) is 41.1 Å². The van der Waals surface area contributed by atoms with Gasteiger partial charge in [0.25, 0.3) is 5.91 Å². The van der Waals surface area contributed by atoms with E-state index in [0.717, 1.165) is 12.0 Å². The number of nitrogens with zero attached hydrogens (tertiary/aromatic N) is 1. The SMILES string of the molecule is O=C1CN(C(=O)[C@H](CCCN[C@@H]2C[C@H]2c2ccc(F)cc2)NC(=O)c2ccc(F)cc2)CCN1. The van der Waals surface area contributed by atoms with Gasteiger partial charge in [0.1, 0.15) is 17.7 Å². The van der Waals surface area contributed by atoms with Crippen molar-refractivity contribution in [3.05, 3.63) is 71.3 Å². The summed E-state index contributed by atoms with van der Waals surface area (Å²) in [6.45, 7) is 1.37. The van der Waals surface area contributed by atoms with Crippen LogP contribution in [0.25, 0.3) is 0 Å². The molecule has 0 unspecified atom stereocenters. The molecule has 3 N–H and O–H groups in total. The van der Waals surface area contributed by atoms with E-state index in [2.05, 4.69) is 16.0 Å². The molecule has 0 aromatic heterocycles. The van der Waals surface area contributed by atoms with E-state index in [0.29, 0.717) is 44.4 Å². The average molecular weight is 471 g/mol. The van der Waals surface area contributed by atoms with Crippen LogP contribution in [0.2, 0.25) is 0 Å². The van der Waals surface area contributed by atoms with Crippen molar-refractivity contribution < 1.29 is 23.2 Å². The molecule has 2 aromatic carbocycles. The van der Waals surface area contributed by atoms with E-state index in [1.165, 1.54) is 41.3 Å². The molecule has 2 aliphatic rings. The number of piperazine rings is 1. The minimum atomic E-state index is -0.794. The zero-order chi connectivity index (χ0) is 24.1. The second-order valence-corrected chi connectivity index (χ2v) is 8.74. The maximum atomic E-state index is 13.2. The second-order valence-electron chi connectivity index (χ2n) is 8.74. The van der Waals surface area contributed by atoms with E-state index >= 15 is 0 Å². The summed E-state index contributed by atoms with van der Waals surface area (Å²) in [6, 6.07) is 11.2. The Kier molecular flexibility index (Phi) is 7.52. The lowest BCUT2D eigenvalue weighted by Crippen LogP contribution is -2.56. The number of amides is 3. The molecule has 1 aliphatic carbocycles. The van der Waals surface area contributed by atoms with Gasteiger partial charge < -0.3 is 20.9 Å². The topological polar surface area (TPSA) is 90.5 Å². The first-order chi connectivity index (χ1) is 16.4. The lowest BCUT2D eigenvalue weighted by atomic mass is 10.1. The number of nitrogens with one attached hydrogen (secondary N) is 3. The second kappa shape index (κ2) is 10.7. The van der Waals surface area contributed by atoms with Gasteiger partial charge in [-0.1, -0.05) is 12.1 Å². The summed E-state index contributed by atoms with van der Waals surface area (Å²) >= 11 is 0. The first kappa shape index (κ1) is 23.8. The summed E-state index contributed by atoms with van der Waals surface area (Å²) in [4.78, 5) is 38.9. The summed E-state index contributed by atoms with van der Waals surface area (Å²) in [6.07, 6.45) is 2.00. The van der Waals surface area contributed by atoms with Crippen LogP contribution < -0.4 is 16.0 Å². The lowest BCUT2D eigenvalue weighted by Gasteiger charge is -2.30. The van der Waals surface area contributed by atoms with Crippen LogP contribution in [0, 0.1) is 11.6 Å².